The van der Waals surface area contributed by atoms with E-state index in [9.17, 15) is 59.4 Å². The Morgan fingerprint density at radius 2 is 0.576 bits per heavy atom. The van der Waals surface area contributed by atoms with Gasteiger partial charge in [-0.2, -0.15) is 0 Å². The summed E-state index contributed by atoms with van der Waals surface area (Å²) >= 11 is 0. The lowest BCUT2D eigenvalue weighted by atomic mass is 9.84. The lowest BCUT2D eigenvalue weighted by molar-refractivity contribution is -0.143. The molecule has 0 atom stereocenters. The number of hydrogen-bond acceptors (Lipinski definition) is 9. The summed E-state index contributed by atoms with van der Waals surface area (Å²) < 4.78 is 0. The quantitative estimate of drug-likeness (QED) is 0.145. The number of carboxylic acid groups (broad SMARTS) is 6. The molecule has 0 heterocycles. The van der Waals surface area contributed by atoms with Gasteiger partial charge in [0.2, 0.25) is 0 Å². The van der Waals surface area contributed by atoms with Gasteiger partial charge in [0.25, 0.3) is 0 Å². The van der Waals surface area contributed by atoms with Gasteiger partial charge in [0, 0.05) is 18.1 Å². The zero-order valence-electron chi connectivity index (χ0n) is 17.6. The topological polar surface area (TPSA) is 234 Å². The molecule has 0 aliphatic heterocycles. The van der Waals surface area contributed by atoms with Crippen LogP contribution >= 0.6 is 0 Å². The Hall–Kier alpha value is -3.30. The number of nitrogens with zero attached hydrogens (tertiary/aromatic N) is 3. The van der Waals surface area contributed by atoms with E-state index in [-0.39, 0.29) is 19.3 Å². The first-order chi connectivity index (χ1) is 15.3. The fraction of sp³-hybridized carbons (Fsp3) is 0.667. The number of aliphatic carboxylic acids is 6. The van der Waals surface area contributed by atoms with Gasteiger partial charge in [-0.25, -0.2) is 0 Å². The SMILES string of the molecule is O=C(O)CN(CC(=O)O)C1CC(N(CC(=O)O)CC(=O)O)CC(N(CC(=O)O)CC(=O)O)C1. The molecule has 33 heavy (non-hydrogen) atoms. The summed E-state index contributed by atoms with van der Waals surface area (Å²) in [6, 6.07) is -2.47. The van der Waals surface area contributed by atoms with E-state index in [2.05, 4.69) is 0 Å². The number of carboxylic acids is 6. The molecule has 1 aliphatic rings. The highest BCUT2D eigenvalue weighted by Gasteiger charge is 2.40. The Morgan fingerprint density at radius 1 is 0.424 bits per heavy atom. The summed E-state index contributed by atoms with van der Waals surface area (Å²) in [6.07, 6.45) is 0.0167. The van der Waals surface area contributed by atoms with Crippen LogP contribution < -0.4 is 0 Å². The van der Waals surface area contributed by atoms with Crippen LogP contribution in [-0.2, 0) is 28.8 Å². The van der Waals surface area contributed by atoms with E-state index >= 15 is 0 Å². The number of carbonyl (C=O) groups is 6. The van der Waals surface area contributed by atoms with Crippen molar-refractivity contribution in [1.82, 2.24) is 14.7 Å². The van der Waals surface area contributed by atoms with Crippen LogP contribution in [0.5, 0.6) is 0 Å². The van der Waals surface area contributed by atoms with Gasteiger partial charge in [-0.1, -0.05) is 0 Å². The molecule has 186 valence electrons. The van der Waals surface area contributed by atoms with Crippen LogP contribution in [0.1, 0.15) is 19.3 Å². The first-order valence-corrected chi connectivity index (χ1v) is 9.81. The molecule has 15 nitrogen and oxygen atoms in total. The average Bonchev–Trinajstić information content (AvgIpc) is 2.64. The molecule has 0 aromatic carbocycles. The Morgan fingerprint density at radius 3 is 0.697 bits per heavy atom. The third-order valence-electron chi connectivity index (χ3n) is 5.21. The Bertz CT molecular complexity index is 619. The standard InChI is InChI=1S/C18H27N3O12/c22-13(23)4-19(5-14(24)25)10-1-11(20(6-15(26)27)7-16(28)29)3-12(2-10)21(8-17(30)31)9-18(32)33/h10-12H,1-9H2,(H,22,23)(H,24,25)(H,26,27)(H,28,29)(H,30,31)(H,32,33). The summed E-state index contributed by atoms with van der Waals surface area (Å²) in [5.41, 5.74) is 0. The van der Waals surface area contributed by atoms with Gasteiger partial charge < -0.3 is 30.6 Å². The summed E-state index contributed by atoms with van der Waals surface area (Å²) in [5.74, 6) is -8.02. The first-order valence-electron chi connectivity index (χ1n) is 9.81. The van der Waals surface area contributed by atoms with Gasteiger partial charge in [-0.05, 0) is 19.3 Å². The van der Waals surface area contributed by atoms with E-state index in [0.29, 0.717) is 0 Å². The minimum Gasteiger partial charge on any atom is -0.480 e. The second-order valence-corrected chi connectivity index (χ2v) is 7.75. The van der Waals surface area contributed by atoms with Gasteiger partial charge >= 0.3 is 35.8 Å². The van der Waals surface area contributed by atoms with E-state index in [1.165, 1.54) is 0 Å². The highest BCUT2D eigenvalue weighted by Crippen LogP contribution is 2.30. The summed E-state index contributed by atoms with van der Waals surface area (Å²) in [6.45, 7) is -4.13. The molecule has 0 unspecified atom stereocenters. The summed E-state index contributed by atoms with van der Waals surface area (Å²) in [7, 11) is 0. The van der Waals surface area contributed by atoms with Gasteiger partial charge in [0.15, 0.2) is 0 Å². The highest BCUT2D eigenvalue weighted by atomic mass is 16.4. The maximum atomic E-state index is 11.3. The van der Waals surface area contributed by atoms with E-state index < -0.39 is 93.2 Å². The maximum absolute atomic E-state index is 11.3. The fourth-order valence-electron chi connectivity index (χ4n) is 4.11. The fourth-order valence-corrected chi connectivity index (χ4v) is 4.11. The van der Waals surface area contributed by atoms with Crippen LogP contribution in [0, 0.1) is 0 Å². The number of hydrogen-bond donors (Lipinski definition) is 6. The van der Waals surface area contributed by atoms with Gasteiger partial charge in [0.05, 0.1) is 39.3 Å². The summed E-state index contributed by atoms with van der Waals surface area (Å²) in [4.78, 5) is 71.0. The molecular formula is C18H27N3O12. The molecule has 1 aliphatic carbocycles. The second kappa shape index (κ2) is 12.7. The highest BCUT2D eigenvalue weighted by molar-refractivity contribution is 5.74. The minimum absolute atomic E-state index is 0.00556. The van der Waals surface area contributed by atoms with Crippen molar-refractivity contribution in [3.63, 3.8) is 0 Å². The molecule has 0 radical (unpaired) electrons. The molecule has 0 aromatic rings. The van der Waals surface area contributed by atoms with Gasteiger partial charge in [-0.3, -0.25) is 43.5 Å². The minimum atomic E-state index is -1.34. The molecular weight excluding hydrogens is 450 g/mol. The predicted octanol–water partition coefficient (Wildman–Crippen LogP) is -2.31. The first kappa shape index (κ1) is 27.7. The van der Waals surface area contributed by atoms with Crippen molar-refractivity contribution in [2.45, 2.75) is 37.4 Å². The van der Waals surface area contributed by atoms with Crippen molar-refractivity contribution in [1.29, 1.82) is 0 Å². The second-order valence-electron chi connectivity index (χ2n) is 7.75. The predicted molar refractivity (Wildman–Crippen MR) is 106 cm³/mol. The molecule has 1 fully saturated rings. The lowest BCUT2D eigenvalue weighted by Gasteiger charge is -2.46. The van der Waals surface area contributed by atoms with E-state index in [1.54, 1.807) is 0 Å². The van der Waals surface area contributed by atoms with Gasteiger partial charge in [-0.15, -0.1) is 0 Å². The summed E-state index contributed by atoms with van der Waals surface area (Å²) in [5, 5.41) is 55.1. The van der Waals surface area contributed by atoms with E-state index in [4.69, 9.17) is 0 Å². The molecule has 0 bridgehead atoms. The van der Waals surface area contributed by atoms with E-state index in [0.717, 1.165) is 14.7 Å². The normalized spacial score (nSPS) is 20.6. The van der Waals surface area contributed by atoms with Crippen molar-refractivity contribution in [2.24, 2.45) is 0 Å². The smallest absolute Gasteiger partial charge is 0.317 e. The third kappa shape index (κ3) is 10.2. The molecule has 0 aromatic heterocycles. The van der Waals surface area contributed by atoms with Crippen molar-refractivity contribution < 1.29 is 59.4 Å². The Kier molecular flexibility index (Phi) is 10.6. The zero-order valence-corrected chi connectivity index (χ0v) is 17.6. The lowest BCUT2D eigenvalue weighted by Crippen LogP contribution is -2.57. The van der Waals surface area contributed by atoms with Crippen LogP contribution in [0.4, 0.5) is 0 Å². The van der Waals surface area contributed by atoms with Crippen LogP contribution in [0.15, 0.2) is 0 Å². The average molecular weight is 477 g/mol. The monoisotopic (exact) mass is 477 g/mol. The van der Waals surface area contributed by atoms with Crippen molar-refractivity contribution in [2.75, 3.05) is 39.3 Å². The van der Waals surface area contributed by atoms with Crippen LogP contribution in [0.2, 0.25) is 0 Å². The number of rotatable bonds is 15. The van der Waals surface area contributed by atoms with Crippen molar-refractivity contribution >= 4 is 35.8 Å². The van der Waals surface area contributed by atoms with Gasteiger partial charge in [0.1, 0.15) is 0 Å². The Labute approximate surface area is 187 Å². The molecule has 0 saturated heterocycles. The molecule has 6 N–H and O–H groups in total. The molecule has 0 spiro atoms. The van der Waals surface area contributed by atoms with Crippen molar-refractivity contribution in [3.8, 4) is 0 Å². The maximum Gasteiger partial charge on any atom is 0.317 e. The van der Waals surface area contributed by atoms with Crippen LogP contribution in [-0.4, -0.2) is 139 Å². The molecule has 1 rings (SSSR count). The van der Waals surface area contributed by atoms with Crippen LogP contribution in [0.25, 0.3) is 0 Å². The largest absolute Gasteiger partial charge is 0.480 e. The van der Waals surface area contributed by atoms with Crippen molar-refractivity contribution in [3.05, 3.63) is 0 Å². The molecule has 1 saturated carbocycles. The zero-order chi connectivity index (χ0) is 25.3. The van der Waals surface area contributed by atoms with Crippen LogP contribution in [0.3, 0.4) is 0 Å². The Balaban J connectivity index is 3.36. The molecule has 0 amide bonds. The third-order valence-corrected chi connectivity index (χ3v) is 5.21. The molecule has 15 heteroatoms. The van der Waals surface area contributed by atoms with E-state index in [1.807, 2.05) is 0 Å².